The molecule has 0 atom stereocenters. The predicted octanol–water partition coefficient (Wildman–Crippen LogP) is 2.45. The van der Waals surface area contributed by atoms with E-state index in [1.807, 2.05) is 12.1 Å². The predicted molar refractivity (Wildman–Crippen MR) is 77.7 cm³/mol. The van der Waals surface area contributed by atoms with Gasteiger partial charge in [-0.2, -0.15) is 0 Å². The molecule has 0 unspecified atom stereocenters. The zero-order valence-corrected chi connectivity index (χ0v) is 12.2. The van der Waals surface area contributed by atoms with Gasteiger partial charge in [-0.25, -0.2) is 9.97 Å². The Morgan fingerprint density at radius 3 is 2.35 bits per heavy atom. The van der Waals surface area contributed by atoms with Crippen LogP contribution >= 0.6 is 0 Å². The van der Waals surface area contributed by atoms with Crippen molar-refractivity contribution in [3.05, 3.63) is 48.2 Å². The topological polar surface area (TPSA) is 59.0 Å². The molecule has 2 aromatic heterocycles. The minimum absolute atomic E-state index is 0.0407. The van der Waals surface area contributed by atoms with Crippen LogP contribution in [-0.2, 0) is 5.41 Å². The SMILES string of the molecule is CN(C(=O)c1cnccn1)c1ccc(C(C)(C)C)cn1. The smallest absolute Gasteiger partial charge is 0.279 e. The van der Waals surface area contributed by atoms with Crippen LogP contribution in [0.2, 0.25) is 0 Å². The van der Waals surface area contributed by atoms with E-state index >= 15 is 0 Å². The second-order valence-corrected chi connectivity index (χ2v) is 5.61. The molecular weight excluding hydrogens is 252 g/mol. The van der Waals surface area contributed by atoms with Gasteiger partial charge in [0.15, 0.2) is 0 Å². The number of hydrogen-bond acceptors (Lipinski definition) is 4. The van der Waals surface area contributed by atoms with Crippen molar-refractivity contribution >= 4 is 11.7 Å². The van der Waals surface area contributed by atoms with Crippen LogP contribution in [0, 0.1) is 0 Å². The quantitative estimate of drug-likeness (QED) is 0.841. The third kappa shape index (κ3) is 2.99. The Labute approximate surface area is 118 Å². The number of pyridine rings is 1. The van der Waals surface area contributed by atoms with Crippen molar-refractivity contribution in [1.82, 2.24) is 15.0 Å². The van der Waals surface area contributed by atoms with Gasteiger partial charge in [-0.15, -0.1) is 0 Å². The van der Waals surface area contributed by atoms with Gasteiger partial charge >= 0.3 is 0 Å². The average molecular weight is 270 g/mol. The van der Waals surface area contributed by atoms with Crippen molar-refractivity contribution in [2.24, 2.45) is 0 Å². The zero-order chi connectivity index (χ0) is 14.8. The van der Waals surface area contributed by atoms with Gasteiger partial charge in [-0.1, -0.05) is 26.8 Å². The fourth-order valence-electron chi connectivity index (χ4n) is 1.71. The lowest BCUT2D eigenvalue weighted by molar-refractivity contribution is 0.0987. The Bertz CT molecular complexity index is 588. The lowest BCUT2D eigenvalue weighted by Crippen LogP contribution is -2.28. The van der Waals surface area contributed by atoms with E-state index in [2.05, 4.69) is 35.7 Å². The molecule has 2 heterocycles. The minimum Gasteiger partial charge on any atom is -0.294 e. The van der Waals surface area contributed by atoms with Crippen molar-refractivity contribution < 1.29 is 4.79 Å². The lowest BCUT2D eigenvalue weighted by atomic mass is 9.88. The summed E-state index contributed by atoms with van der Waals surface area (Å²) in [5.74, 6) is 0.364. The van der Waals surface area contributed by atoms with E-state index in [0.717, 1.165) is 5.56 Å². The summed E-state index contributed by atoms with van der Waals surface area (Å²) in [7, 11) is 1.68. The van der Waals surface area contributed by atoms with Gasteiger partial charge in [0.05, 0.1) is 6.20 Å². The van der Waals surface area contributed by atoms with E-state index in [9.17, 15) is 4.79 Å². The number of carbonyl (C=O) groups excluding carboxylic acids is 1. The van der Waals surface area contributed by atoms with Crippen molar-refractivity contribution in [2.45, 2.75) is 26.2 Å². The fraction of sp³-hybridized carbons (Fsp3) is 0.333. The Morgan fingerprint density at radius 2 is 1.85 bits per heavy atom. The van der Waals surface area contributed by atoms with E-state index in [1.54, 1.807) is 13.2 Å². The number of carbonyl (C=O) groups is 1. The molecule has 0 aliphatic rings. The summed E-state index contributed by atoms with van der Waals surface area (Å²) in [4.78, 5) is 25.9. The van der Waals surface area contributed by atoms with Gasteiger partial charge in [-0.3, -0.25) is 14.7 Å². The minimum atomic E-state index is -0.228. The maximum absolute atomic E-state index is 12.2. The third-order valence-corrected chi connectivity index (χ3v) is 3.04. The molecule has 5 nitrogen and oxygen atoms in total. The first-order valence-electron chi connectivity index (χ1n) is 6.40. The molecule has 0 fully saturated rings. The van der Waals surface area contributed by atoms with Crippen molar-refractivity contribution in [2.75, 3.05) is 11.9 Å². The van der Waals surface area contributed by atoms with Gasteiger partial charge < -0.3 is 0 Å². The van der Waals surface area contributed by atoms with Gasteiger partial charge in [-0.05, 0) is 17.0 Å². The fourth-order valence-corrected chi connectivity index (χ4v) is 1.71. The number of nitrogens with zero attached hydrogens (tertiary/aromatic N) is 4. The molecule has 104 valence electrons. The van der Waals surface area contributed by atoms with Crippen molar-refractivity contribution in [3.63, 3.8) is 0 Å². The van der Waals surface area contributed by atoms with Crippen LogP contribution < -0.4 is 4.90 Å². The first kappa shape index (κ1) is 14.1. The van der Waals surface area contributed by atoms with Crippen LogP contribution in [0.3, 0.4) is 0 Å². The highest BCUT2D eigenvalue weighted by Crippen LogP contribution is 2.23. The second kappa shape index (κ2) is 5.36. The van der Waals surface area contributed by atoms with Crippen LogP contribution in [0.1, 0.15) is 36.8 Å². The normalized spacial score (nSPS) is 11.2. The maximum atomic E-state index is 12.2. The first-order valence-corrected chi connectivity index (χ1v) is 6.40. The van der Waals surface area contributed by atoms with Crippen LogP contribution in [-0.4, -0.2) is 27.9 Å². The van der Waals surface area contributed by atoms with Gasteiger partial charge in [0, 0.05) is 25.6 Å². The molecule has 0 radical (unpaired) electrons. The Morgan fingerprint density at radius 1 is 1.10 bits per heavy atom. The summed E-state index contributed by atoms with van der Waals surface area (Å²) in [6.07, 6.45) is 6.28. The second-order valence-electron chi connectivity index (χ2n) is 5.61. The van der Waals surface area contributed by atoms with Gasteiger partial charge in [0.1, 0.15) is 11.5 Å². The molecule has 2 aromatic rings. The Balaban J connectivity index is 2.22. The molecular formula is C15H18N4O. The molecule has 0 saturated carbocycles. The highest BCUT2D eigenvalue weighted by Gasteiger charge is 2.18. The van der Waals surface area contributed by atoms with Crippen molar-refractivity contribution in [1.29, 1.82) is 0 Å². The molecule has 0 spiro atoms. The molecule has 2 rings (SSSR count). The molecule has 0 aliphatic carbocycles. The number of amides is 1. The number of anilines is 1. The maximum Gasteiger partial charge on any atom is 0.279 e. The molecule has 1 amide bonds. The highest BCUT2D eigenvalue weighted by molar-refractivity contribution is 6.03. The van der Waals surface area contributed by atoms with E-state index in [-0.39, 0.29) is 11.3 Å². The molecule has 0 bridgehead atoms. The van der Waals surface area contributed by atoms with Crippen LogP contribution in [0.4, 0.5) is 5.82 Å². The number of rotatable bonds is 2. The Kier molecular flexibility index (Phi) is 3.79. The molecule has 0 saturated heterocycles. The molecule has 0 aliphatic heterocycles. The third-order valence-electron chi connectivity index (χ3n) is 3.04. The zero-order valence-electron chi connectivity index (χ0n) is 12.2. The highest BCUT2D eigenvalue weighted by atomic mass is 16.2. The first-order chi connectivity index (χ1) is 9.39. The van der Waals surface area contributed by atoms with Crippen LogP contribution in [0.25, 0.3) is 0 Å². The number of hydrogen-bond donors (Lipinski definition) is 0. The van der Waals surface area contributed by atoms with E-state index < -0.39 is 0 Å². The largest absolute Gasteiger partial charge is 0.294 e. The summed E-state index contributed by atoms with van der Waals surface area (Å²) in [5, 5.41) is 0. The Hall–Kier alpha value is -2.30. The molecule has 5 heteroatoms. The standard InChI is InChI=1S/C15H18N4O/c1-15(2,3)11-5-6-13(18-9-11)19(4)14(20)12-10-16-7-8-17-12/h5-10H,1-4H3. The molecule has 20 heavy (non-hydrogen) atoms. The molecule has 0 N–H and O–H groups in total. The molecule has 0 aromatic carbocycles. The average Bonchev–Trinajstić information content (AvgIpc) is 2.46. The lowest BCUT2D eigenvalue weighted by Gasteiger charge is -2.20. The summed E-state index contributed by atoms with van der Waals surface area (Å²) in [5.41, 5.74) is 1.47. The summed E-state index contributed by atoms with van der Waals surface area (Å²) >= 11 is 0. The van der Waals surface area contributed by atoms with Gasteiger partial charge in [0.2, 0.25) is 0 Å². The van der Waals surface area contributed by atoms with Crippen LogP contribution in [0.5, 0.6) is 0 Å². The monoisotopic (exact) mass is 270 g/mol. The van der Waals surface area contributed by atoms with E-state index in [1.165, 1.54) is 23.5 Å². The number of aromatic nitrogens is 3. The van der Waals surface area contributed by atoms with E-state index in [4.69, 9.17) is 0 Å². The summed E-state index contributed by atoms with van der Waals surface area (Å²) in [6, 6.07) is 3.83. The summed E-state index contributed by atoms with van der Waals surface area (Å²) < 4.78 is 0. The summed E-state index contributed by atoms with van der Waals surface area (Å²) in [6.45, 7) is 6.37. The van der Waals surface area contributed by atoms with Crippen molar-refractivity contribution in [3.8, 4) is 0 Å². The van der Waals surface area contributed by atoms with Gasteiger partial charge in [0.25, 0.3) is 5.91 Å². The van der Waals surface area contributed by atoms with Crippen LogP contribution in [0.15, 0.2) is 36.9 Å². The van der Waals surface area contributed by atoms with E-state index in [0.29, 0.717) is 11.5 Å².